The van der Waals surface area contributed by atoms with Gasteiger partial charge in [0.2, 0.25) is 5.88 Å². The van der Waals surface area contributed by atoms with Crippen LogP contribution in [0.25, 0.3) is 0 Å². The van der Waals surface area contributed by atoms with Gasteiger partial charge in [0.15, 0.2) is 0 Å². The molecule has 1 N–H and O–H groups in total. The van der Waals surface area contributed by atoms with Gasteiger partial charge in [-0.3, -0.25) is 0 Å². The van der Waals surface area contributed by atoms with Gasteiger partial charge in [-0.1, -0.05) is 12.1 Å². The van der Waals surface area contributed by atoms with Crippen molar-refractivity contribution in [3.8, 4) is 5.88 Å². The fraction of sp³-hybridized carbons (Fsp3) is 0.462. The Balaban J connectivity index is 2.49. The van der Waals surface area contributed by atoms with Crippen LogP contribution in [0, 0.1) is 6.92 Å². The molecule has 0 spiro atoms. The molecule has 0 amide bonds. The third-order valence-electron chi connectivity index (χ3n) is 2.34. The van der Waals surface area contributed by atoms with Crippen LogP contribution in [0.3, 0.4) is 0 Å². The molecule has 0 fully saturated rings. The van der Waals surface area contributed by atoms with Crippen molar-refractivity contribution in [1.29, 1.82) is 0 Å². The second kappa shape index (κ2) is 7.01. The number of hydrogen-bond donors (Lipinski definition) is 1. The first-order valence-electron chi connectivity index (χ1n) is 5.62. The van der Waals surface area contributed by atoms with E-state index >= 15 is 0 Å². The summed E-state index contributed by atoms with van der Waals surface area (Å²) < 4.78 is 5.54. The molecule has 3 heteroatoms. The summed E-state index contributed by atoms with van der Waals surface area (Å²) in [5, 5.41) is 3.11. The maximum atomic E-state index is 5.54. The predicted molar refractivity (Wildman–Crippen MR) is 66.7 cm³/mol. The summed E-state index contributed by atoms with van der Waals surface area (Å²) in [6, 6.07) is 3.98. The van der Waals surface area contributed by atoms with Gasteiger partial charge in [0.1, 0.15) is 0 Å². The summed E-state index contributed by atoms with van der Waals surface area (Å²) in [6.07, 6.45) is 3.87. The van der Waals surface area contributed by atoms with Crippen LogP contribution in [0.1, 0.15) is 24.1 Å². The standard InChI is InChI=1S/C13H20N2O/c1-4-5-6-9-16-13-8-7-12(10-14-3)11(2)15-13/h4,7-8,14H,1,5-6,9-10H2,2-3H3. The Kier molecular flexibility index (Phi) is 5.57. The normalized spacial score (nSPS) is 10.1. The third-order valence-corrected chi connectivity index (χ3v) is 2.34. The molecule has 1 heterocycles. The van der Waals surface area contributed by atoms with E-state index in [9.17, 15) is 0 Å². The highest BCUT2D eigenvalue weighted by atomic mass is 16.5. The average molecular weight is 220 g/mol. The van der Waals surface area contributed by atoms with Crippen molar-refractivity contribution in [3.63, 3.8) is 0 Å². The van der Waals surface area contributed by atoms with Crippen molar-refractivity contribution in [1.82, 2.24) is 10.3 Å². The molecule has 0 aromatic carbocycles. The zero-order valence-corrected chi connectivity index (χ0v) is 10.1. The molecule has 0 saturated carbocycles. The van der Waals surface area contributed by atoms with Gasteiger partial charge in [-0.2, -0.15) is 0 Å². The molecule has 0 atom stereocenters. The highest BCUT2D eigenvalue weighted by molar-refractivity contribution is 5.24. The molecule has 16 heavy (non-hydrogen) atoms. The molecular formula is C13H20N2O. The lowest BCUT2D eigenvalue weighted by Crippen LogP contribution is -2.08. The van der Waals surface area contributed by atoms with Gasteiger partial charge in [-0.25, -0.2) is 4.98 Å². The molecule has 0 bridgehead atoms. The highest BCUT2D eigenvalue weighted by Crippen LogP contribution is 2.12. The van der Waals surface area contributed by atoms with Crippen LogP contribution in [0.2, 0.25) is 0 Å². The second-order valence-corrected chi connectivity index (χ2v) is 3.70. The van der Waals surface area contributed by atoms with Crippen molar-refractivity contribution in [2.24, 2.45) is 0 Å². The number of aryl methyl sites for hydroxylation is 1. The van der Waals surface area contributed by atoms with E-state index in [2.05, 4.69) is 22.9 Å². The smallest absolute Gasteiger partial charge is 0.213 e. The number of aromatic nitrogens is 1. The van der Waals surface area contributed by atoms with Gasteiger partial charge >= 0.3 is 0 Å². The van der Waals surface area contributed by atoms with Crippen LogP contribution < -0.4 is 10.1 Å². The summed E-state index contributed by atoms with van der Waals surface area (Å²) >= 11 is 0. The van der Waals surface area contributed by atoms with E-state index in [4.69, 9.17) is 4.74 Å². The van der Waals surface area contributed by atoms with Gasteiger partial charge in [-0.05, 0) is 32.4 Å². The minimum atomic E-state index is 0.698. The van der Waals surface area contributed by atoms with Crippen LogP contribution in [0.4, 0.5) is 0 Å². The van der Waals surface area contributed by atoms with Crippen LogP contribution in [0.15, 0.2) is 24.8 Å². The second-order valence-electron chi connectivity index (χ2n) is 3.70. The maximum Gasteiger partial charge on any atom is 0.213 e. The lowest BCUT2D eigenvalue weighted by atomic mass is 10.2. The Morgan fingerprint density at radius 1 is 1.50 bits per heavy atom. The van der Waals surface area contributed by atoms with E-state index in [0.717, 1.165) is 25.1 Å². The van der Waals surface area contributed by atoms with Gasteiger partial charge in [0, 0.05) is 18.3 Å². The molecule has 0 radical (unpaired) electrons. The monoisotopic (exact) mass is 220 g/mol. The SMILES string of the molecule is C=CCCCOc1ccc(CNC)c(C)n1. The molecule has 0 aliphatic rings. The zero-order chi connectivity index (χ0) is 11.8. The fourth-order valence-corrected chi connectivity index (χ4v) is 1.43. The number of nitrogens with one attached hydrogen (secondary N) is 1. The number of unbranched alkanes of at least 4 members (excludes halogenated alkanes) is 1. The molecule has 3 nitrogen and oxygen atoms in total. The van der Waals surface area contributed by atoms with E-state index in [1.165, 1.54) is 5.56 Å². The third kappa shape index (κ3) is 4.03. The number of allylic oxidation sites excluding steroid dienone is 1. The quantitative estimate of drug-likeness (QED) is 0.566. The Hall–Kier alpha value is -1.35. The summed E-state index contributed by atoms with van der Waals surface area (Å²) in [7, 11) is 1.93. The van der Waals surface area contributed by atoms with Crippen molar-refractivity contribution in [3.05, 3.63) is 36.0 Å². The van der Waals surface area contributed by atoms with Gasteiger partial charge in [0.25, 0.3) is 0 Å². The molecule has 0 aliphatic heterocycles. The summed E-state index contributed by atoms with van der Waals surface area (Å²) in [6.45, 7) is 7.22. The molecule has 1 rings (SSSR count). The summed E-state index contributed by atoms with van der Waals surface area (Å²) in [5.74, 6) is 0.710. The predicted octanol–water partition coefficient (Wildman–Crippen LogP) is 2.45. The molecular weight excluding hydrogens is 200 g/mol. The van der Waals surface area contributed by atoms with Crippen molar-refractivity contribution in [2.75, 3.05) is 13.7 Å². The summed E-state index contributed by atoms with van der Waals surface area (Å²) in [5.41, 5.74) is 2.23. The first-order valence-corrected chi connectivity index (χ1v) is 5.62. The molecule has 0 aliphatic carbocycles. The first kappa shape index (κ1) is 12.7. The Labute approximate surface area is 97.5 Å². The lowest BCUT2D eigenvalue weighted by molar-refractivity contribution is 0.299. The van der Waals surface area contributed by atoms with E-state index in [-0.39, 0.29) is 0 Å². The average Bonchev–Trinajstić information content (AvgIpc) is 2.28. The van der Waals surface area contributed by atoms with Gasteiger partial charge < -0.3 is 10.1 Å². The van der Waals surface area contributed by atoms with Crippen LogP contribution >= 0.6 is 0 Å². The minimum Gasteiger partial charge on any atom is -0.478 e. The number of hydrogen-bond acceptors (Lipinski definition) is 3. The summed E-state index contributed by atoms with van der Waals surface area (Å²) in [4.78, 5) is 4.40. The zero-order valence-electron chi connectivity index (χ0n) is 10.1. The van der Waals surface area contributed by atoms with Gasteiger partial charge in [0.05, 0.1) is 6.61 Å². The maximum absolute atomic E-state index is 5.54. The number of rotatable bonds is 7. The first-order chi connectivity index (χ1) is 7.77. The topological polar surface area (TPSA) is 34.1 Å². The van der Waals surface area contributed by atoms with E-state index in [1.54, 1.807) is 0 Å². The Morgan fingerprint density at radius 3 is 2.94 bits per heavy atom. The lowest BCUT2D eigenvalue weighted by Gasteiger charge is -2.08. The van der Waals surface area contributed by atoms with Crippen molar-refractivity contribution in [2.45, 2.75) is 26.3 Å². The van der Waals surface area contributed by atoms with Gasteiger partial charge in [-0.15, -0.1) is 6.58 Å². The van der Waals surface area contributed by atoms with Crippen LogP contribution in [0.5, 0.6) is 5.88 Å². The molecule has 1 aromatic rings. The van der Waals surface area contributed by atoms with Crippen molar-refractivity contribution < 1.29 is 4.74 Å². The van der Waals surface area contributed by atoms with E-state index < -0.39 is 0 Å². The van der Waals surface area contributed by atoms with Crippen molar-refractivity contribution >= 4 is 0 Å². The fourth-order valence-electron chi connectivity index (χ4n) is 1.43. The Bertz CT molecular complexity index is 337. The molecule has 0 saturated heterocycles. The number of ether oxygens (including phenoxy) is 1. The molecule has 1 aromatic heterocycles. The number of pyridine rings is 1. The van der Waals surface area contributed by atoms with E-state index in [1.807, 2.05) is 26.1 Å². The van der Waals surface area contributed by atoms with E-state index in [0.29, 0.717) is 12.5 Å². The molecule has 88 valence electrons. The Morgan fingerprint density at radius 2 is 2.31 bits per heavy atom. The minimum absolute atomic E-state index is 0.698. The largest absolute Gasteiger partial charge is 0.478 e. The highest BCUT2D eigenvalue weighted by Gasteiger charge is 2.01. The van der Waals surface area contributed by atoms with Crippen LogP contribution in [-0.4, -0.2) is 18.6 Å². The number of nitrogens with zero attached hydrogens (tertiary/aromatic N) is 1. The molecule has 0 unspecified atom stereocenters. The van der Waals surface area contributed by atoms with Crippen LogP contribution in [-0.2, 0) is 6.54 Å².